The average molecular weight is 297 g/mol. The van der Waals surface area contributed by atoms with Crippen LogP contribution in [0, 0.1) is 10.1 Å². The molecule has 1 fully saturated rings. The second-order valence-electron chi connectivity index (χ2n) is 4.48. The third-order valence-electron chi connectivity index (χ3n) is 3.23. The first kappa shape index (κ1) is 13.3. The van der Waals surface area contributed by atoms with Crippen LogP contribution in [0.3, 0.4) is 0 Å². The maximum atomic E-state index is 11.1. The predicted octanol–water partition coefficient (Wildman–Crippen LogP) is 1.05. The molecule has 3 rings (SSSR count). The van der Waals surface area contributed by atoms with E-state index in [2.05, 4.69) is 15.2 Å². The minimum absolute atomic E-state index is 0.00299. The van der Waals surface area contributed by atoms with Crippen molar-refractivity contribution in [3.05, 3.63) is 21.7 Å². The summed E-state index contributed by atoms with van der Waals surface area (Å²) < 4.78 is 6.78. The molecule has 1 aliphatic rings. The van der Waals surface area contributed by atoms with Crippen molar-refractivity contribution in [3.63, 3.8) is 0 Å². The van der Waals surface area contributed by atoms with Gasteiger partial charge in [0.05, 0.1) is 13.2 Å². The highest BCUT2D eigenvalue weighted by molar-refractivity contribution is 7.15. The Balaban J connectivity index is 1.66. The van der Waals surface area contributed by atoms with Gasteiger partial charge in [0.2, 0.25) is 5.82 Å². The maximum absolute atomic E-state index is 11.1. The first-order chi connectivity index (χ1) is 9.75. The highest BCUT2D eigenvalue weighted by atomic mass is 32.1. The Labute approximate surface area is 119 Å². The average Bonchev–Trinajstić information content (AvgIpc) is 2.99. The van der Waals surface area contributed by atoms with Crippen molar-refractivity contribution in [1.29, 1.82) is 0 Å². The van der Waals surface area contributed by atoms with E-state index in [0.29, 0.717) is 17.3 Å². The number of morpholine rings is 1. The molecule has 0 aromatic carbocycles. The van der Waals surface area contributed by atoms with Gasteiger partial charge in [0, 0.05) is 31.6 Å². The lowest BCUT2D eigenvalue weighted by molar-refractivity contribution is -0.389. The van der Waals surface area contributed by atoms with E-state index in [4.69, 9.17) is 4.74 Å². The van der Waals surface area contributed by atoms with Crippen LogP contribution in [-0.2, 0) is 4.74 Å². The number of nitro groups is 1. The molecule has 0 amide bonds. The number of nitrogens with one attached hydrogen (secondary N) is 1. The number of aromatic nitrogens is 2. The Morgan fingerprint density at radius 3 is 3.05 bits per heavy atom. The van der Waals surface area contributed by atoms with Gasteiger partial charge in [-0.1, -0.05) is 11.3 Å². The Morgan fingerprint density at radius 1 is 1.50 bits per heavy atom. The minimum atomic E-state index is -0.399. The lowest BCUT2D eigenvalue weighted by atomic mass is 10.4. The highest BCUT2D eigenvalue weighted by Gasteiger charge is 2.23. The summed E-state index contributed by atoms with van der Waals surface area (Å²) in [6, 6.07) is 0. The van der Waals surface area contributed by atoms with E-state index >= 15 is 0 Å². The molecule has 1 N–H and O–H groups in total. The second-order valence-corrected chi connectivity index (χ2v) is 5.35. The maximum Gasteiger partial charge on any atom is 0.372 e. The molecule has 0 radical (unpaired) electrons. The lowest BCUT2D eigenvalue weighted by Crippen LogP contribution is -2.39. The lowest BCUT2D eigenvalue weighted by Gasteiger charge is -2.26. The number of fused-ring (bicyclic) bond motifs is 1. The normalized spacial score (nSPS) is 16.6. The van der Waals surface area contributed by atoms with Gasteiger partial charge in [-0.05, 0) is 4.92 Å². The Bertz CT molecular complexity index is 604. The molecule has 1 aliphatic heterocycles. The molecule has 0 atom stereocenters. The topological polar surface area (TPSA) is 84.9 Å². The van der Waals surface area contributed by atoms with Gasteiger partial charge in [0.15, 0.2) is 0 Å². The summed E-state index contributed by atoms with van der Waals surface area (Å²) in [4.78, 5) is 17.9. The van der Waals surface area contributed by atoms with Crippen LogP contribution in [0.25, 0.3) is 4.96 Å². The smallest absolute Gasteiger partial charge is 0.372 e. The van der Waals surface area contributed by atoms with E-state index in [1.165, 1.54) is 15.7 Å². The van der Waals surface area contributed by atoms with Crippen LogP contribution in [0.2, 0.25) is 0 Å². The molecule has 0 spiro atoms. The summed E-state index contributed by atoms with van der Waals surface area (Å²) in [6.45, 7) is 4.77. The monoisotopic (exact) mass is 297 g/mol. The van der Waals surface area contributed by atoms with Gasteiger partial charge in [-0.15, -0.1) is 0 Å². The standard InChI is InChI=1S/C11H15N5O3S/c17-16(18)10-9(13-11-15(10)5-8-20-11)12-1-2-14-3-6-19-7-4-14/h5,8,12H,1-4,6-7H2. The molecule has 2 aromatic heterocycles. The number of hydrogen-bond donors (Lipinski definition) is 1. The molecule has 108 valence electrons. The quantitative estimate of drug-likeness (QED) is 0.656. The largest absolute Gasteiger partial charge is 0.379 e. The summed E-state index contributed by atoms with van der Waals surface area (Å²) in [7, 11) is 0. The van der Waals surface area contributed by atoms with Crippen molar-refractivity contribution >= 4 is 27.9 Å². The first-order valence-corrected chi connectivity index (χ1v) is 7.27. The zero-order valence-electron chi connectivity index (χ0n) is 10.8. The summed E-state index contributed by atoms with van der Waals surface area (Å²) in [5.41, 5.74) is 0. The Morgan fingerprint density at radius 2 is 2.30 bits per heavy atom. The summed E-state index contributed by atoms with van der Waals surface area (Å²) >= 11 is 1.38. The molecule has 0 aliphatic carbocycles. The summed E-state index contributed by atoms with van der Waals surface area (Å²) in [5, 5.41) is 16.0. The van der Waals surface area contributed by atoms with E-state index in [1.54, 1.807) is 11.6 Å². The molecule has 0 saturated carbocycles. The molecule has 0 bridgehead atoms. The molecular formula is C11H15N5O3S. The first-order valence-electron chi connectivity index (χ1n) is 6.39. The molecule has 2 aromatic rings. The number of hydrogen-bond acceptors (Lipinski definition) is 7. The van der Waals surface area contributed by atoms with Gasteiger partial charge < -0.3 is 20.2 Å². The third-order valence-corrected chi connectivity index (χ3v) is 3.99. The van der Waals surface area contributed by atoms with Crippen LogP contribution in [0.5, 0.6) is 0 Å². The van der Waals surface area contributed by atoms with Gasteiger partial charge in [-0.2, -0.15) is 9.38 Å². The number of imidazole rings is 1. The zero-order chi connectivity index (χ0) is 13.9. The van der Waals surface area contributed by atoms with Crippen molar-refractivity contribution in [2.75, 3.05) is 44.7 Å². The number of thiazole rings is 1. The fourth-order valence-corrected chi connectivity index (χ4v) is 2.93. The van der Waals surface area contributed by atoms with E-state index in [0.717, 1.165) is 32.8 Å². The SMILES string of the molecule is O=[N+]([O-])c1c(NCCN2CCOCC2)nc2sccn12. The minimum Gasteiger partial charge on any atom is -0.379 e. The number of ether oxygens (including phenoxy) is 1. The van der Waals surface area contributed by atoms with Crippen molar-refractivity contribution < 1.29 is 9.66 Å². The molecule has 0 unspecified atom stereocenters. The van der Waals surface area contributed by atoms with Crippen LogP contribution in [0.15, 0.2) is 11.6 Å². The van der Waals surface area contributed by atoms with Crippen LogP contribution in [-0.4, -0.2) is 58.6 Å². The van der Waals surface area contributed by atoms with E-state index in [9.17, 15) is 10.1 Å². The number of rotatable bonds is 5. The fourth-order valence-electron chi connectivity index (χ4n) is 2.22. The van der Waals surface area contributed by atoms with Crippen molar-refractivity contribution in [3.8, 4) is 0 Å². The van der Waals surface area contributed by atoms with Crippen LogP contribution >= 0.6 is 11.3 Å². The van der Waals surface area contributed by atoms with Gasteiger partial charge in [-0.25, -0.2) is 0 Å². The van der Waals surface area contributed by atoms with E-state index in [-0.39, 0.29) is 5.82 Å². The molecular weight excluding hydrogens is 282 g/mol. The molecule has 1 saturated heterocycles. The van der Waals surface area contributed by atoms with Gasteiger partial charge >= 0.3 is 5.82 Å². The molecule has 9 heteroatoms. The van der Waals surface area contributed by atoms with Crippen molar-refractivity contribution in [1.82, 2.24) is 14.3 Å². The number of anilines is 1. The summed E-state index contributed by atoms with van der Waals surface area (Å²) in [5.74, 6) is 0.346. The highest BCUT2D eigenvalue weighted by Crippen LogP contribution is 2.27. The predicted molar refractivity (Wildman–Crippen MR) is 75.5 cm³/mol. The zero-order valence-corrected chi connectivity index (χ0v) is 11.6. The third kappa shape index (κ3) is 2.60. The van der Waals surface area contributed by atoms with Crippen LogP contribution in [0.4, 0.5) is 11.6 Å². The Kier molecular flexibility index (Phi) is 3.81. The van der Waals surface area contributed by atoms with Crippen LogP contribution < -0.4 is 5.32 Å². The van der Waals surface area contributed by atoms with Gasteiger partial charge in [-0.3, -0.25) is 4.90 Å². The van der Waals surface area contributed by atoms with Gasteiger partial charge in [0.25, 0.3) is 4.96 Å². The van der Waals surface area contributed by atoms with Crippen molar-refractivity contribution in [2.45, 2.75) is 0 Å². The van der Waals surface area contributed by atoms with Gasteiger partial charge in [0.1, 0.15) is 6.20 Å². The molecule has 3 heterocycles. The van der Waals surface area contributed by atoms with Crippen LogP contribution in [0.1, 0.15) is 0 Å². The van der Waals surface area contributed by atoms with Crippen molar-refractivity contribution in [2.24, 2.45) is 0 Å². The van der Waals surface area contributed by atoms with E-state index < -0.39 is 4.92 Å². The second kappa shape index (κ2) is 5.73. The molecule has 8 nitrogen and oxygen atoms in total. The summed E-state index contributed by atoms with van der Waals surface area (Å²) in [6.07, 6.45) is 1.66. The fraction of sp³-hybridized carbons (Fsp3) is 0.545. The Hall–Kier alpha value is -1.71. The number of nitrogens with zero attached hydrogens (tertiary/aromatic N) is 4. The van der Waals surface area contributed by atoms with E-state index in [1.807, 2.05) is 0 Å². The molecule has 20 heavy (non-hydrogen) atoms.